The second-order valence-electron chi connectivity index (χ2n) is 6.78. The zero-order valence-corrected chi connectivity index (χ0v) is 12.4. The second-order valence-corrected chi connectivity index (χ2v) is 6.78. The quantitative estimate of drug-likeness (QED) is 0.864. The van der Waals surface area contributed by atoms with Crippen LogP contribution in [-0.2, 0) is 4.79 Å². The number of nitrogens with zero attached hydrogens (tertiary/aromatic N) is 1. The molecule has 1 amide bonds. The topological polar surface area (TPSA) is 32.3 Å². The molecule has 1 heterocycles. The molecule has 0 aromatic rings. The molecule has 1 aliphatic carbocycles. The molecule has 1 aliphatic heterocycles. The molecule has 2 rings (SSSR count). The molecule has 2 atom stereocenters. The van der Waals surface area contributed by atoms with Crippen LogP contribution in [0.3, 0.4) is 0 Å². The van der Waals surface area contributed by atoms with E-state index in [0.29, 0.717) is 6.42 Å². The Hall–Kier alpha value is -0.780. The average Bonchev–Trinajstić information content (AvgIpc) is 3.01. The molecule has 20 heavy (non-hydrogen) atoms. The van der Waals surface area contributed by atoms with Gasteiger partial charge in [-0.3, -0.25) is 10.1 Å². The van der Waals surface area contributed by atoms with Gasteiger partial charge < -0.3 is 4.90 Å². The standard InChI is InChI=1S/C14H23F3N2O/c1-8(2)7-10-12(20)19(11(18-10)9(3)4)13(5-6-13)14(15,16)17/h8-11,18H,5-7H2,1-4H3. The van der Waals surface area contributed by atoms with E-state index in [1.54, 1.807) is 0 Å². The molecule has 6 heteroatoms. The van der Waals surface area contributed by atoms with Gasteiger partial charge in [-0.15, -0.1) is 0 Å². The second kappa shape index (κ2) is 4.90. The Morgan fingerprint density at radius 2 is 1.85 bits per heavy atom. The van der Waals surface area contributed by atoms with E-state index < -0.39 is 23.9 Å². The van der Waals surface area contributed by atoms with Gasteiger partial charge in [0.15, 0.2) is 0 Å². The van der Waals surface area contributed by atoms with Gasteiger partial charge >= 0.3 is 6.18 Å². The third-order valence-corrected chi connectivity index (χ3v) is 4.24. The van der Waals surface area contributed by atoms with Gasteiger partial charge in [-0.1, -0.05) is 27.7 Å². The van der Waals surface area contributed by atoms with Gasteiger partial charge in [0, 0.05) is 0 Å². The summed E-state index contributed by atoms with van der Waals surface area (Å²) in [6, 6.07) is -0.484. The van der Waals surface area contributed by atoms with Gasteiger partial charge in [0.1, 0.15) is 5.54 Å². The van der Waals surface area contributed by atoms with Gasteiger partial charge in [0.05, 0.1) is 12.2 Å². The van der Waals surface area contributed by atoms with Gasteiger partial charge in [-0.25, -0.2) is 0 Å². The third kappa shape index (κ3) is 2.43. The molecular formula is C14H23F3N2O. The first-order chi connectivity index (χ1) is 9.10. The fourth-order valence-corrected chi connectivity index (χ4v) is 3.04. The fraction of sp³-hybridized carbons (Fsp3) is 0.929. The van der Waals surface area contributed by atoms with Crippen molar-refractivity contribution in [2.45, 2.75) is 70.9 Å². The summed E-state index contributed by atoms with van der Waals surface area (Å²) in [5.74, 6) is -0.159. The monoisotopic (exact) mass is 292 g/mol. The van der Waals surface area contributed by atoms with Crippen molar-refractivity contribution in [3.8, 4) is 0 Å². The van der Waals surface area contributed by atoms with Crippen LogP contribution in [0, 0.1) is 11.8 Å². The van der Waals surface area contributed by atoms with Crippen LogP contribution in [0.1, 0.15) is 47.0 Å². The summed E-state index contributed by atoms with van der Waals surface area (Å²) in [5.41, 5.74) is -1.92. The summed E-state index contributed by atoms with van der Waals surface area (Å²) < 4.78 is 40.0. The Morgan fingerprint density at radius 1 is 1.30 bits per heavy atom. The third-order valence-electron chi connectivity index (χ3n) is 4.24. The largest absolute Gasteiger partial charge is 0.411 e. The van der Waals surface area contributed by atoms with Crippen LogP contribution in [0.15, 0.2) is 0 Å². The van der Waals surface area contributed by atoms with E-state index in [4.69, 9.17) is 0 Å². The van der Waals surface area contributed by atoms with Crippen molar-refractivity contribution in [1.29, 1.82) is 0 Å². The minimum Gasteiger partial charge on any atom is -0.311 e. The van der Waals surface area contributed by atoms with Crippen molar-refractivity contribution in [3.05, 3.63) is 0 Å². The number of halogens is 3. The molecule has 0 radical (unpaired) electrons. The Balaban J connectivity index is 2.28. The zero-order valence-electron chi connectivity index (χ0n) is 12.4. The molecule has 2 aliphatic rings. The predicted molar refractivity (Wildman–Crippen MR) is 69.9 cm³/mol. The number of alkyl halides is 3. The first kappa shape index (κ1) is 15.6. The van der Waals surface area contributed by atoms with Crippen LogP contribution in [0.2, 0.25) is 0 Å². The Morgan fingerprint density at radius 3 is 2.20 bits per heavy atom. The SMILES string of the molecule is CC(C)CC1NC(C(C)C)N(C2(C(F)(F)F)CC2)C1=O. The summed E-state index contributed by atoms with van der Waals surface area (Å²) in [4.78, 5) is 13.6. The van der Waals surface area contributed by atoms with E-state index in [1.165, 1.54) is 0 Å². The van der Waals surface area contributed by atoms with Crippen LogP contribution in [0.4, 0.5) is 13.2 Å². The minimum absolute atomic E-state index is 0.0293. The van der Waals surface area contributed by atoms with Gasteiger partial charge in [-0.2, -0.15) is 13.2 Å². The zero-order chi connectivity index (χ0) is 15.3. The minimum atomic E-state index is -4.34. The molecule has 116 valence electrons. The number of carbonyl (C=O) groups is 1. The highest BCUT2D eigenvalue weighted by atomic mass is 19.4. The van der Waals surface area contributed by atoms with Crippen molar-refractivity contribution in [1.82, 2.24) is 10.2 Å². The molecule has 1 saturated carbocycles. The fourth-order valence-electron chi connectivity index (χ4n) is 3.04. The summed E-state index contributed by atoms with van der Waals surface area (Å²) in [7, 11) is 0. The van der Waals surface area contributed by atoms with Crippen molar-refractivity contribution in [3.63, 3.8) is 0 Å². The number of amides is 1. The Bertz CT molecular complexity index is 388. The number of nitrogens with one attached hydrogen (secondary N) is 1. The smallest absolute Gasteiger partial charge is 0.311 e. The van der Waals surface area contributed by atoms with Crippen LogP contribution in [0.5, 0.6) is 0 Å². The van der Waals surface area contributed by atoms with Crippen LogP contribution in [-0.4, -0.2) is 34.7 Å². The van der Waals surface area contributed by atoms with Gasteiger partial charge in [0.2, 0.25) is 5.91 Å². The molecule has 2 fully saturated rings. The number of hydrogen-bond acceptors (Lipinski definition) is 2. The Labute approximate surface area is 117 Å². The number of rotatable bonds is 4. The van der Waals surface area contributed by atoms with Crippen molar-refractivity contribution < 1.29 is 18.0 Å². The predicted octanol–water partition coefficient (Wildman–Crippen LogP) is 2.91. The van der Waals surface area contributed by atoms with Crippen molar-refractivity contribution in [2.75, 3.05) is 0 Å². The average molecular weight is 292 g/mol. The van der Waals surface area contributed by atoms with Gasteiger partial charge in [0.25, 0.3) is 0 Å². The first-order valence-corrected chi connectivity index (χ1v) is 7.26. The normalized spacial score (nSPS) is 29.6. The molecular weight excluding hydrogens is 269 g/mol. The van der Waals surface area contributed by atoms with Crippen molar-refractivity contribution >= 4 is 5.91 Å². The molecule has 0 bridgehead atoms. The summed E-state index contributed by atoms with van der Waals surface area (Å²) in [5, 5.41) is 3.12. The lowest BCUT2D eigenvalue weighted by Crippen LogP contribution is -2.55. The summed E-state index contributed by atoms with van der Waals surface area (Å²) in [6.45, 7) is 7.64. The van der Waals surface area contributed by atoms with E-state index in [9.17, 15) is 18.0 Å². The maximum atomic E-state index is 13.3. The molecule has 1 saturated heterocycles. The first-order valence-electron chi connectivity index (χ1n) is 7.26. The van der Waals surface area contributed by atoms with Gasteiger partial charge in [-0.05, 0) is 31.1 Å². The highest BCUT2D eigenvalue weighted by molar-refractivity contribution is 5.85. The molecule has 0 aromatic carbocycles. The van der Waals surface area contributed by atoms with Crippen molar-refractivity contribution in [2.24, 2.45) is 11.8 Å². The number of carbonyl (C=O) groups excluding carboxylic acids is 1. The molecule has 2 unspecified atom stereocenters. The Kier molecular flexibility index (Phi) is 3.82. The van der Waals surface area contributed by atoms with Crippen LogP contribution >= 0.6 is 0 Å². The number of hydrogen-bond donors (Lipinski definition) is 1. The molecule has 0 spiro atoms. The van der Waals surface area contributed by atoms with E-state index in [2.05, 4.69) is 5.32 Å². The summed E-state index contributed by atoms with van der Waals surface area (Å²) >= 11 is 0. The maximum absolute atomic E-state index is 13.3. The molecule has 1 N–H and O–H groups in total. The molecule has 3 nitrogen and oxygen atoms in total. The molecule has 0 aromatic heterocycles. The van der Waals surface area contributed by atoms with E-state index >= 15 is 0 Å². The van der Waals surface area contributed by atoms with Crippen LogP contribution in [0.25, 0.3) is 0 Å². The summed E-state index contributed by atoms with van der Waals surface area (Å²) in [6.07, 6.45) is -4.23. The lowest BCUT2D eigenvalue weighted by Gasteiger charge is -2.36. The highest BCUT2D eigenvalue weighted by Gasteiger charge is 2.71. The lowest BCUT2D eigenvalue weighted by atomic mass is 10.0. The lowest BCUT2D eigenvalue weighted by molar-refractivity contribution is -0.204. The highest BCUT2D eigenvalue weighted by Crippen LogP contribution is 2.55. The van der Waals surface area contributed by atoms with E-state index in [-0.39, 0.29) is 30.6 Å². The maximum Gasteiger partial charge on any atom is 0.411 e. The van der Waals surface area contributed by atoms with E-state index in [1.807, 2.05) is 27.7 Å². The van der Waals surface area contributed by atoms with E-state index in [0.717, 1.165) is 4.90 Å². The van der Waals surface area contributed by atoms with Crippen LogP contribution < -0.4 is 5.32 Å².